The maximum atomic E-state index is 12.3. The molecule has 0 saturated carbocycles. The molecule has 1 heterocycles. The summed E-state index contributed by atoms with van der Waals surface area (Å²) in [7, 11) is 1.55. The van der Waals surface area contributed by atoms with E-state index in [0.29, 0.717) is 24.4 Å². The predicted molar refractivity (Wildman–Crippen MR) is 94.3 cm³/mol. The van der Waals surface area contributed by atoms with Gasteiger partial charge in [-0.1, -0.05) is 6.07 Å². The van der Waals surface area contributed by atoms with Crippen molar-refractivity contribution in [2.24, 2.45) is 0 Å². The van der Waals surface area contributed by atoms with E-state index in [9.17, 15) is 9.59 Å². The van der Waals surface area contributed by atoms with E-state index in [2.05, 4.69) is 15.6 Å². The Hall–Kier alpha value is -2.25. The standard InChI is InChI=1S/C17H21N3O3S/c1-11-4-5-13(8-15(11)20-16(21)6-7-23-3)17(22)18-9-14-10-24-12(2)19-14/h4-5,8,10H,6-7,9H2,1-3H3,(H,18,22)(H,20,21). The molecule has 1 aromatic carbocycles. The molecular formula is C17H21N3O3S. The molecular weight excluding hydrogens is 326 g/mol. The smallest absolute Gasteiger partial charge is 0.251 e. The molecule has 7 heteroatoms. The first-order chi connectivity index (χ1) is 11.5. The molecule has 2 N–H and O–H groups in total. The number of nitrogens with one attached hydrogen (secondary N) is 2. The maximum absolute atomic E-state index is 12.3. The summed E-state index contributed by atoms with van der Waals surface area (Å²) >= 11 is 1.55. The molecule has 0 fully saturated rings. The van der Waals surface area contributed by atoms with Crippen LogP contribution in [0.3, 0.4) is 0 Å². The van der Waals surface area contributed by atoms with Crippen molar-refractivity contribution >= 4 is 28.8 Å². The Morgan fingerprint density at radius 2 is 2.08 bits per heavy atom. The summed E-state index contributed by atoms with van der Waals surface area (Å²) in [6.07, 6.45) is 0.273. The Bertz CT molecular complexity index is 728. The first-order valence-corrected chi connectivity index (χ1v) is 8.46. The molecule has 24 heavy (non-hydrogen) atoms. The normalized spacial score (nSPS) is 10.5. The van der Waals surface area contributed by atoms with E-state index < -0.39 is 0 Å². The Labute approximate surface area is 145 Å². The zero-order chi connectivity index (χ0) is 17.5. The molecule has 6 nitrogen and oxygen atoms in total. The highest BCUT2D eigenvalue weighted by molar-refractivity contribution is 7.09. The van der Waals surface area contributed by atoms with Gasteiger partial charge in [0.05, 0.1) is 30.3 Å². The number of amides is 2. The fourth-order valence-corrected chi connectivity index (χ4v) is 2.68. The summed E-state index contributed by atoms with van der Waals surface area (Å²) in [6, 6.07) is 5.23. The lowest BCUT2D eigenvalue weighted by Crippen LogP contribution is -2.23. The van der Waals surface area contributed by atoms with Crippen molar-refractivity contribution in [3.63, 3.8) is 0 Å². The molecule has 0 bridgehead atoms. The number of methoxy groups -OCH3 is 1. The van der Waals surface area contributed by atoms with Gasteiger partial charge in [-0.2, -0.15) is 0 Å². The van der Waals surface area contributed by atoms with Crippen molar-refractivity contribution in [3.8, 4) is 0 Å². The summed E-state index contributed by atoms with van der Waals surface area (Å²) in [4.78, 5) is 28.4. The third kappa shape index (κ3) is 5.14. The molecule has 2 aromatic rings. The van der Waals surface area contributed by atoms with Crippen molar-refractivity contribution < 1.29 is 14.3 Å². The Kier molecular flexibility index (Phi) is 6.45. The SMILES string of the molecule is COCCC(=O)Nc1cc(C(=O)NCc2csc(C)n2)ccc1C. The van der Waals surface area contributed by atoms with Crippen LogP contribution in [-0.2, 0) is 16.1 Å². The van der Waals surface area contributed by atoms with E-state index >= 15 is 0 Å². The van der Waals surface area contributed by atoms with E-state index in [4.69, 9.17) is 4.74 Å². The van der Waals surface area contributed by atoms with Gasteiger partial charge in [0.15, 0.2) is 0 Å². The lowest BCUT2D eigenvalue weighted by molar-refractivity contribution is -0.117. The number of hydrogen-bond acceptors (Lipinski definition) is 5. The van der Waals surface area contributed by atoms with Gasteiger partial charge in [-0.25, -0.2) is 4.98 Å². The van der Waals surface area contributed by atoms with Crippen molar-refractivity contribution in [2.45, 2.75) is 26.8 Å². The van der Waals surface area contributed by atoms with E-state index in [-0.39, 0.29) is 18.2 Å². The van der Waals surface area contributed by atoms with Crippen LogP contribution < -0.4 is 10.6 Å². The van der Waals surface area contributed by atoms with E-state index in [0.717, 1.165) is 16.3 Å². The van der Waals surface area contributed by atoms with Crippen LogP contribution in [0, 0.1) is 13.8 Å². The molecule has 2 rings (SSSR count). The second kappa shape index (κ2) is 8.56. The number of aryl methyl sites for hydroxylation is 2. The number of hydrogen-bond donors (Lipinski definition) is 2. The summed E-state index contributed by atoms with van der Waals surface area (Å²) in [5.74, 6) is -0.344. The highest BCUT2D eigenvalue weighted by Crippen LogP contribution is 2.17. The summed E-state index contributed by atoms with van der Waals surface area (Å²) in [6.45, 7) is 4.55. The molecule has 0 atom stereocenters. The van der Waals surface area contributed by atoms with Crippen LogP contribution >= 0.6 is 11.3 Å². The quantitative estimate of drug-likeness (QED) is 0.807. The zero-order valence-electron chi connectivity index (χ0n) is 14.0. The van der Waals surface area contributed by atoms with Gasteiger partial charge >= 0.3 is 0 Å². The van der Waals surface area contributed by atoms with Crippen molar-refractivity contribution in [2.75, 3.05) is 19.0 Å². The van der Waals surface area contributed by atoms with Gasteiger partial charge in [0.1, 0.15) is 0 Å². The molecule has 0 saturated heterocycles. The number of benzene rings is 1. The first kappa shape index (κ1) is 18.1. The second-order valence-corrected chi connectivity index (χ2v) is 6.42. The number of carbonyl (C=O) groups excluding carboxylic acids is 2. The van der Waals surface area contributed by atoms with Crippen LogP contribution in [0.2, 0.25) is 0 Å². The maximum Gasteiger partial charge on any atom is 0.251 e. The predicted octanol–water partition coefficient (Wildman–Crippen LogP) is 2.66. The molecule has 0 aliphatic heterocycles. The fraction of sp³-hybridized carbons (Fsp3) is 0.353. The number of thiazole rings is 1. The van der Waals surface area contributed by atoms with Crippen LogP contribution in [0.25, 0.3) is 0 Å². The second-order valence-electron chi connectivity index (χ2n) is 5.36. The van der Waals surface area contributed by atoms with Gasteiger partial charge in [0.2, 0.25) is 5.91 Å². The minimum atomic E-state index is -0.201. The molecule has 0 aliphatic rings. The topological polar surface area (TPSA) is 80.3 Å². The van der Waals surface area contributed by atoms with E-state index in [1.54, 1.807) is 30.6 Å². The monoisotopic (exact) mass is 347 g/mol. The van der Waals surface area contributed by atoms with Gasteiger partial charge < -0.3 is 15.4 Å². The van der Waals surface area contributed by atoms with E-state index in [1.807, 2.05) is 25.3 Å². The van der Waals surface area contributed by atoms with Crippen LogP contribution in [0.15, 0.2) is 23.6 Å². The number of carbonyl (C=O) groups is 2. The zero-order valence-corrected chi connectivity index (χ0v) is 14.8. The van der Waals surface area contributed by atoms with Crippen molar-refractivity contribution in [3.05, 3.63) is 45.4 Å². The number of aromatic nitrogens is 1. The highest BCUT2D eigenvalue weighted by atomic mass is 32.1. The molecule has 1 aromatic heterocycles. The van der Waals surface area contributed by atoms with Gasteiger partial charge in [0, 0.05) is 23.7 Å². The van der Waals surface area contributed by atoms with Crippen molar-refractivity contribution in [1.82, 2.24) is 10.3 Å². The molecule has 2 amide bonds. The minimum Gasteiger partial charge on any atom is -0.384 e. The summed E-state index contributed by atoms with van der Waals surface area (Å²) < 4.78 is 4.89. The van der Waals surface area contributed by atoms with Crippen LogP contribution in [0.5, 0.6) is 0 Å². The summed E-state index contributed by atoms with van der Waals surface area (Å²) in [5, 5.41) is 8.53. The largest absolute Gasteiger partial charge is 0.384 e. The van der Waals surface area contributed by atoms with Gasteiger partial charge in [-0.15, -0.1) is 11.3 Å². The molecule has 0 unspecified atom stereocenters. The van der Waals surface area contributed by atoms with E-state index in [1.165, 1.54) is 0 Å². The third-order valence-corrected chi connectivity index (χ3v) is 4.23. The highest BCUT2D eigenvalue weighted by Gasteiger charge is 2.11. The fourth-order valence-electron chi connectivity index (χ4n) is 2.07. The lowest BCUT2D eigenvalue weighted by atomic mass is 10.1. The number of anilines is 1. The molecule has 0 aliphatic carbocycles. The number of ether oxygens (including phenoxy) is 1. The first-order valence-electron chi connectivity index (χ1n) is 7.58. The van der Waals surface area contributed by atoms with Gasteiger partial charge in [-0.3, -0.25) is 9.59 Å². The van der Waals surface area contributed by atoms with Crippen LogP contribution in [0.1, 0.15) is 33.0 Å². The van der Waals surface area contributed by atoms with Gasteiger partial charge in [0.25, 0.3) is 5.91 Å². The Morgan fingerprint density at radius 1 is 1.29 bits per heavy atom. The Morgan fingerprint density at radius 3 is 2.75 bits per heavy atom. The molecule has 0 spiro atoms. The third-order valence-electron chi connectivity index (χ3n) is 3.40. The number of nitrogens with zero attached hydrogens (tertiary/aromatic N) is 1. The lowest BCUT2D eigenvalue weighted by Gasteiger charge is -2.11. The van der Waals surface area contributed by atoms with Crippen LogP contribution in [-0.4, -0.2) is 30.5 Å². The van der Waals surface area contributed by atoms with Crippen LogP contribution in [0.4, 0.5) is 5.69 Å². The molecule has 0 radical (unpaired) electrons. The minimum absolute atomic E-state index is 0.143. The Balaban J connectivity index is 2.00. The number of rotatable bonds is 7. The van der Waals surface area contributed by atoms with Gasteiger partial charge in [-0.05, 0) is 31.5 Å². The molecule has 128 valence electrons. The average Bonchev–Trinajstić information content (AvgIpc) is 2.98. The summed E-state index contributed by atoms with van der Waals surface area (Å²) in [5.41, 5.74) is 2.86. The van der Waals surface area contributed by atoms with Crippen molar-refractivity contribution in [1.29, 1.82) is 0 Å². The average molecular weight is 347 g/mol.